The molecule has 2 N–H and O–H groups in total. The number of hydrogen-bond donors (Lipinski definition) is 2. The number of halogens is 1. The van der Waals surface area contributed by atoms with Crippen LogP contribution in [0.2, 0.25) is 0 Å². The van der Waals surface area contributed by atoms with Crippen molar-refractivity contribution in [2.24, 2.45) is 0 Å². The molecule has 2 heterocycles. The van der Waals surface area contributed by atoms with Crippen LogP contribution in [0, 0.1) is 6.92 Å². The number of benzene rings is 1. The Morgan fingerprint density at radius 1 is 1.43 bits per heavy atom. The Labute approximate surface area is 128 Å². The van der Waals surface area contributed by atoms with Crippen LogP contribution in [0.4, 0.5) is 11.6 Å². The summed E-state index contributed by atoms with van der Waals surface area (Å²) in [7, 11) is 0. The molecule has 1 aromatic carbocycles. The summed E-state index contributed by atoms with van der Waals surface area (Å²) in [6.07, 6.45) is 0.0116. The number of hydrogen-bond acceptors (Lipinski definition) is 4. The molecule has 1 aromatic heterocycles. The Balaban J connectivity index is 1.70. The zero-order valence-electron chi connectivity index (χ0n) is 11.1. The zero-order chi connectivity index (χ0) is 15.0. The van der Waals surface area contributed by atoms with Crippen LogP contribution >= 0.6 is 15.9 Å². The van der Waals surface area contributed by atoms with E-state index in [4.69, 9.17) is 0 Å². The van der Waals surface area contributed by atoms with Gasteiger partial charge in [-0.2, -0.15) is 10.1 Å². The van der Waals surface area contributed by atoms with Crippen LogP contribution in [-0.4, -0.2) is 26.6 Å². The standard InChI is InChI=1S/C13H12BrN5O2/c1-7-15-13-17-12(21)10(19(13)18-7)6-11(20)16-9-4-2-8(14)3-5-9/h2-5,10H,6H2,1H3,(H,16,20)(H,15,17,18,21)/t10-/m0/s1. The van der Waals surface area contributed by atoms with Crippen LogP contribution in [-0.2, 0) is 9.59 Å². The molecule has 3 rings (SSSR count). The van der Waals surface area contributed by atoms with Crippen molar-refractivity contribution in [3.05, 3.63) is 34.6 Å². The Bertz CT molecular complexity index is 710. The number of aryl methyl sites for hydroxylation is 1. The molecule has 0 unspecified atom stereocenters. The predicted octanol–water partition coefficient (Wildman–Crippen LogP) is 1.87. The molecule has 1 atom stereocenters. The zero-order valence-corrected chi connectivity index (χ0v) is 12.7. The van der Waals surface area contributed by atoms with E-state index in [1.54, 1.807) is 19.1 Å². The highest BCUT2D eigenvalue weighted by molar-refractivity contribution is 9.10. The van der Waals surface area contributed by atoms with E-state index in [2.05, 4.69) is 36.6 Å². The van der Waals surface area contributed by atoms with Gasteiger partial charge >= 0.3 is 0 Å². The smallest absolute Gasteiger partial charge is 0.252 e. The van der Waals surface area contributed by atoms with Gasteiger partial charge in [0, 0.05) is 10.2 Å². The maximum absolute atomic E-state index is 12.1. The minimum absolute atomic E-state index is 0.0116. The van der Waals surface area contributed by atoms with Gasteiger partial charge < -0.3 is 5.32 Å². The van der Waals surface area contributed by atoms with Crippen molar-refractivity contribution < 1.29 is 9.59 Å². The summed E-state index contributed by atoms with van der Waals surface area (Å²) in [4.78, 5) is 28.0. The van der Waals surface area contributed by atoms with Crippen LogP contribution in [0.25, 0.3) is 0 Å². The third kappa shape index (κ3) is 2.80. The van der Waals surface area contributed by atoms with Crippen molar-refractivity contribution in [1.29, 1.82) is 0 Å². The van der Waals surface area contributed by atoms with Crippen LogP contribution in [0.1, 0.15) is 18.3 Å². The summed E-state index contributed by atoms with van der Waals surface area (Å²) >= 11 is 3.33. The molecule has 8 heteroatoms. The first kappa shape index (κ1) is 13.7. The van der Waals surface area contributed by atoms with Gasteiger partial charge in [-0.3, -0.25) is 14.9 Å². The van der Waals surface area contributed by atoms with Gasteiger partial charge in [-0.1, -0.05) is 15.9 Å². The number of amides is 2. The lowest BCUT2D eigenvalue weighted by molar-refractivity contribution is -0.123. The third-order valence-electron chi connectivity index (χ3n) is 3.08. The molecule has 7 nitrogen and oxygen atoms in total. The number of rotatable bonds is 3. The molecule has 1 aliphatic rings. The van der Waals surface area contributed by atoms with E-state index in [0.717, 1.165) is 4.47 Å². The Morgan fingerprint density at radius 3 is 2.86 bits per heavy atom. The summed E-state index contributed by atoms with van der Waals surface area (Å²) in [6, 6.07) is 6.56. The van der Waals surface area contributed by atoms with Crippen molar-refractivity contribution in [3.63, 3.8) is 0 Å². The number of fused-ring (bicyclic) bond motifs is 1. The first-order valence-corrected chi connectivity index (χ1v) is 7.11. The fourth-order valence-electron chi connectivity index (χ4n) is 2.14. The van der Waals surface area contributed by atoms with Gasteiger partial charge in [0.05, 0.1) is 6.42 Å². The molecular weight excluding hydrogens is 338 g/mol. The molecule has 0 radical (unpaired) electrons. The highest BCUT2D eigenvalue weighted by Gasteiger charge is 2.34. The monoisotopic (exact) mass is 349 g/mol. The molecule has 0 aliphatic carbocycles. The van der Waals surface area contributed by atoms with Crippen molar-refractivity contribution >= 4 is 39.4 Å². The third-order valence-corrected chi connectivity index (χ3v) is 3.61. The Hall–Kier alpha value is -2.22. The second-order valence-electron chi connectivity index (χ2n) is 4.69. The SMILES string of the molecule is Cc1nc2n(n1)[C@@H](CC(=O)Nc1ccc(Br)cc1)C(=O)N2. The average molecular weight is 350 g/mol. The average Bonchev–Trinajstić information content (AvgIpc) is 2.90. The number of nitrogens with zero attached hydrogens (tertiary/aromatic N) is 3. The molecule has 0 bridgehead atoms. The van der Waals surface area contributed by atoms with E-state index in [9.17, 15) is 9.59 Å². The lowest BCUT2D eigenvalue weighted by Gasteiger charge is -2.09. The second-order valence-corrected chi connectivity index (χ2v) is 5.61. The molecule has 0 fully saturated rings. The Kier molecular flexibility index (Phi) is 3.46. The molecule has 0 saturated carbocycles. The first-order chi connectivity index (χ1) is 10.0. The molecule has 2 aromatic rings. The van der Waals surface area contributed by atoms with Crippen molar-refractivity contribution in [2.45, 2.75) is 19.4 Å². The van der Waals surface area contributed by atoms with Crippen LogP contribution < -0.4 is 10.6 Å². The highest BCUT2D eigenvalue weighted by atomic mass is 79.9. The molecule has 108 valence electrons. The van der Waals surface area contributed by atoms with Crippen molar-refractivity contribution in [1.82, 2.24) is 14.8 Å². The summed E-state index contributed by atoms with van der Waals surface area (Å²) in [5, 5.41) is 9.49. The van der Waals surface area contributed by atoms with Crippen molar-refractivity contribution in [3.8, 4) is 0 Å². The number of aromatic nitrogens is 3. The van der Waals surface area contributed by atoms with E-state index in [1.165, 1.54) is 4.68 Å². The quantitative estimate of drug-likeness (QED) is 0.885. The van der Waals surface area contributed by atoms with Gasteiger partial charge in [0.2, 0.25) is 11.9 Å². The number of nitrogens with one attached hydrogen (secondary N) is 2. The molecule has 0 spiro atoms. The summed E-state index contributed by atoms with van der Waals surface area (Å²) < 4.78 is 2.39. The minimum atomic E-state index is -0.656. The molecule has 1 aliphatic heterocycles. The van der Waals surface area contributed by atoms with E-state index in [0.29, 0.717) is 17.5 Å². The summed E-state index contributed by atoms with van der Waals surface area (Å²) in [6.45, 7) is 1.73. The van der Waals surface area contributed by atoms with Gasteiger partial charge in [0.25, 0.3) is 5.91 Å². The normalized spacial score (nSPS) is 16.5. The van der Waals surface area contributed by atoms with Gasteiger partial charge in [-0.25, -0.2) is 4.68 Å². The van der Waals surface area contributed by atoms with Gasteiger partial charge in [0.1, 0.15) is 11.9 Å². The molecule has 2 amide bonds. The van der Waals surface area contributed by atoms with E-state index in [1.807, 2.05) is 12.1 Å². The fraction of sp³-hybridized carbons (Fsp3) is 0.231. The highest BCUT2D eigenvalue weighted by Crippen LogP contribution is 2.25. The number of anilines is 2. The van der Waals surface area contributed by atoms with Gasteiger partial charge in [-0.05, 0) is 31.2 Å². The van der Waals surface area contributed by atoms with E-state index in [-0.39, 0.29) is 18.2 Å². The van der Waals surface area contributed by atoms with Crippen LogP contribution in [0.15, 0.2) is 28.7 Å². The summed E-state index contributed by atoms with van der Waals surface area (Å²) in [5.41, 5.74) is 0.677. The maximum atomic E-state index is 12.1. The Morgan fingerprint density at radius 2 is 2.14 bits per heavy atom. The van der Waals surface area contributed by atoms with Crippen LogP contribution in [0.5, 0.6) is 0 Å². The minimum Gasteiger partial charge on any atom is -0.326 e. The maximum Gasteiger partial charge on any atom is 0.252 e. The molecule has 0 saturated heterocycles. The lowest BCUT2D eigenvalue weighted by Crippen LogP contribution is -2.23. The topological polar surface area (TPSA) is 88.9 Å². The second kappa shape index (κ2) is 5.28. The number of carbonyl (C=O) groups is 2. The number of carbonyl (C=O) groups excluding carboxylic acids is 2. The fourth-order valence-corrected chi connectivity index (χ4v) is 2.40. The van der Waals surface area contributed by atoms with Crippen LogP contribution in [0.3, 0.4) is 0 Å². The van der Waals surface area contributed by atoms with E-state index < -0.39 is 6.04 Å². The molecular formula is C13H12BrN5O2. The van der Waals surface area contributed by atoms with E-state index >= 15 is 0 Å². The first-order valence-electron chi connectivity index (χ1n) is 6.32. The van der Waals surface area contributed by atoms with Gasteiger partial charge in [0.15, 0.2) is 0 Å². The summed E-state index contributed by atoms with van der Waals surface area (Å²) in [5.74, 6) is 0.427. The molecule has 21 heavy (non-hydrogen) atoms. The van der Waals surface area contributed by atoms with Crippen molar-refractivity contribution in [2.75, 3.05) is 10.6 Å². The largest absolute Gasteiger partial charge is 0.326 e. The lowest BCUT2D eigenvalue weighted by atomic mass is 10.2. The predicted molar refractivity (Wildman–Crippen MR) is 79.8 cm³/mol. The van der Waals surface area contributed by atoms with Gasteiger partial charge in [-0.15, -0.1) is 0 Å².